The predicted octanol–water partition coefficient (Wildman–Crippen LogP) is 3.45. The first kappa shape index (κ1) is 12.4. The summed E-state index contributed by atoms with van der Waals surface area (Å²) in [5, 5.41) is 3.05. The smallest absolute Gasteiger partial charge is 0.273 e. The molecule has 0 N–H and O–H groups in total. The van der Waals surface area contributed by atoms with Crippen LogP contribution in [0.4, 0.5) is 0 Å². The van der Waals surface area contributed by atoms with Gasteiger partial charge in [0.05, 0.1) is 5.69 Å². The first-order valence-electron chi connectivity index (χ1n) is 7.23. The molecule has 0 bridgehead atoms. The summed E-state index contributed by atoms with van der Waals surface area (Å²) < 4.78 is 5.99. The first-order valence-corrected chi connectivity index (χ1v) is 8.11. The Labute approximate surface area is 113 Å². The van der Waals surface area contributed by atoms with E-state index in [1.807, 2.05) is 0 Å². The van der Waals surface area contributed by atoms with Crippen LogP contribution in [-0.4, -0.2) is 29.1 Å². The highest BCUT2D eigenvalue weighted by molar-refractivity contribution is 7.11. The molecule has 1 aliphatic carbocycles. The fourth-order valence-corrected chi connectivity index (χ4v) is 3.64. The van der Waals surface area contributed by atoms with E-state index in [0.29, 0.717) is 6.10 Å². The Kier molecular flexibility index (Phi) is 4.16. The lowest BCUT2D eigenvalue weighted by atomic mass is 9.98. The zero-order chi connectivity index (χ0) is 12.2. The maximum absolute atomic E-state index is 5.99. The van der Waals surface area contributed by atoms with Crippen molar-refractivity contribution in [2.45, 2.75) is 57.6 Å². The van der Waals surface area contributed by atoms with Crippen LogP contribution in [-0.2, 0) is 6.54 Å². The highest BCUT2D eigenvalue weighted by Gasteiger charge is 2.17. The molecule has 2 heterocycles. The molecule has 1 aromatic heterocycles. The fourth-order valence-electron chi connectivity index (χ4n) is 2.91. The van der Waals surface area contributed by atoms with Crippen LogP contribution < -0.4 is 4.74 Å². The summed E-state index contributed by atoms with van der Waals surface area (Å²) in [4.78, 5) is 7.11. The topological polar surface area (TPSA) is 25.4 Å². The Morgan fingerprint density at radius 3 is 2.72 bits per heavy atom. The minimum atomic E-state index is 0.421. The second-order valence-corrected chi connectivity index (χ2v) is 6.29. The lowest BCUT2D eigenvalue weighted by Gasteiger charge is -2.21. The van der Waals surface area contributed by atoms with Crippen molar-refractivity contribution >= 4 is 11.3 Å². The van der Waals surface area contributed by atoms with Gasteiger partial charge in [0, 0.05) is 11.9 Å². The van der Waals surface area contributed by atoms with Gasteiger partial charge in [-0.15, -0.1) is 0 Å². The number of likely N-dealkylation sites (tertiary alicyclic amines) is 1. The van der Waals surface area contributed by atoms with E-state index in [-0.39, 0.29) is 0 Å². The van der Waals surface area contributed by atoms with Gasteiger partial charge in [-0.05, 0) is 51.6 Å². The van der Waals surface area contributed by atoms with E-state index in [2.05, 4.69) is 15.3 Å². The Bertz CT molecular complexity index is 368. The summed E-state index contributed by atoms with van der Waals surface area (Å²) >= 11 is 1.67. The summed E-state index contributed by atoms with van der Waals surface area (Å²) in [6.07, 6.45) is 9.53. The van der Waals surface area contributed by atoms with E-state index in [4.69, 9.17) is 4.74 Å². The van der Waals surface area contributed by atoms with E-state index < -0.39 is 0 Å². The summed E-state index contributed by atoms with van der Waals surface area (Å²) in [5.74, 6) is 0. The number of hydrogen-bond donors (Lipinski definition) is 0. The van der Waals surface area contributed by atoms with Crippen molar-refractivity contribution in [2.75, 3.05) is 13.1 Å². The second-order valence-electron chi connectivity index (χ2n) is 5.47. The van der Waals surface area contributed by atoms with Gasteiger partial charge < -0.3 is 4.74 Å². The largest absolute Gasteiger partial charge is 0.467 e. The van der Waals surface area contributed by atoms with Crippen LogP contribution in [0.5, 0.6) is 5.19 Å². The van der Waals surface area contributed by atoms with Crippen LogP contribution >= 0.6 is 11.3 Å². The van der Waals surface area contributed by atoms with Crippen LogP contribution in [0.1, 0.15) is 50.6 Å². The third kappa shape index (κ3) is 3.23. The molecule has 2 fully saturated rings. The van der Waals surface area contributed by atoms with Gasteiger partial charge in [0.1, 0.15) is 6.10 Å². The molecule has 0 amide bonds. The summed E-state index contributed by atoms with van der Waals surface area (Å²) in [5.41, 5.74) is 1.19. The predicted molar refractivity (Wildman–Crippen MR) is 74.1 cm³/mol. The first-order chi connectivity index (χ1) is 8.90. The zero-order valence-corrected chi connectivity index (χ0v) is 11.8. The molecule has 0 radical (unpaired) electrons. The summed E-state index contributed by atoms with van der Waals surface area (Å²) in [6.45, 7) is 3.47. The number of hydrogen-bond acceptors (Lipinski definition) is 4. The average molecular weight is 266 g/mol. The van der Waals surface area contributed by atoms with Crippen molar-refractivity contribution in [3.8, 4) is 5.19 Å². The fraction of sp³-hybridized carbons (Fsp3) is 0.786. The molecule has 3 nitrogen and oxygen atoms in total. The lowest BCUT2D eigenvalue weighted by molar-refractivity contribution is 0.154. The van der Waals surface area contributed by atoms with Gasteiger partial charge in [-0.1, -0.05) is 17.8 Å². The molecule has 100 valence electrons. The van der Waals surface area contributed by atoms with Crippen molar-refractivity contribution in [1.82, 2.24) is 9.88 Å². The van der Waals surface area contributed by atoms with Crippen LogP contribution in [0, 0.1) is 0 Å². The SMILES string of the molecule is c1sc(OC2CCCCC2)nc1CN1CCCC1. The molecule has 0 unspecified atom stereocenters. The van der Waals surface area contributed by atoms with Gasteiger partial charge in [0.15, 0.2) is 0 Å². The monoisotopic (exact) mass is 266 g/mol. The Morgan fingerprint density at radius 1 is 1.17 bits per heavy atom. The summed E-state index contributed by atoms with van der Waals surface area (Å²) in [7, 11) is 0. The molecule has 1 aromatic rings. The van der Waals surface area contributed by atoms with Crippen molar-refractivity contribution in [3.05, 3.63) is 11.1 Å². The van der Waals surface area contributed by atoms with Gasteiger partial charge in [-0.3, -0.25) is 4.90 Å². The molecule has 2 aliphatic rings. The lowest BCUT2D eigenvalue weighted by Crippen LogP contribution is -2.20. The highest BCUT2D eigenvalue weighted by Crippen LogP contribution is 2.26. The van der Waals surface area contributed by atoms with Crippen molar-refractivity contribution in [1.29, 1.82) is 0 Å². The van der Waals surface area contributed by atoms with E-state index in [1.165, 1.54) is 63.7 Å². The molecule has 4 heteroatoms. The van der Waals surface area contributed by atoms with E-state index in [1.54, 1.807) is 11.3 Å². The maximum Gasteiger partial charge on any atom is 0.273 e. The maximum atomic E-state index is 5.99. The number of rotatable bonds is 4. The van der Waals surface area contributed by atoms with E-state index >= 15 is 0 Å². The molecular formula is C14H22N2OS. The molecule has 3 rings (SSSR count). The Morgan fingerprint density at radius 2 is 1.94 bits per heavy atom. The van der Waals surface area contributed by atoms with Crippen LogP contribution in [0.15, 0.2) is 5.38 Å². The molecule has 18 heavy (non-hydrogen) atoms. The molecular weight excluding hydrogens is 244 g/mol. The molecule has 0 atom stereocenters. The standard InChI is InChI=1S/C14H22N2OS/c1-2-6-13(7-3-1)17-14-15-12(11-18-14)10-16-8-4-5-9-16/h11,13H,1-10H2. The number of aromatic nitrogens is 1. The van der Waals surface area contributed by atoms with Gasteiger partial charge in [0.2, 0.25) is 0 Å². The van der Waals surface area contributed by atoms with Gasteiger partial charge in [0.25, 0.3) is 5.19 Å². The van der Waals surface area contributed by atoms with Gasteiger partial charge in [-0.25, -0.2) is 4.98 Å². The number of nitrogens with zero attached hydrogens (tertiary/aromatic N) is 2. The molecule has 0 aromatic carbocycles. The normalized spacial score (nSPS) is 22.4. The second kappa shape index (κ2) is 6.02. The quantitative estimate of drug-likeness (QED) is 0.834. The molecule has 0 spiro atoms. The van der Waals surface area contributed by atoms with Gasteiger partial charge >= 0.3 is 0 Å². The average Bonchev–Trinajstić information content (AvgIpc) is 3.03. The van der Waals surface area contributed by atoms with Crippen molar-refractivity contribution < 1.29 is 4.74 Å². The molecule has 1 saturated heterocycles. The minimum Gasteiger partial charge on any atom is -0.467 e. The summed E-state index contributed by atoms with van der Waals surface area (Å²) in [6, 6.07) is 0. The van der Waals surface area contributed by atoms with E-state index in [9.17, 15) is 0 Å². The van der Waals surface area contributed by atoms with Crippen LogP contribution in [0.25, 0.3) is 0 Å². The third-order valence-corrected chi connectivity index (χ3v) is 4.71. The third-order valence-electron chi connectivity index (χ3n) is 3.93. The van der Waals surface area contributed by atoms with Crippen molar-refractivity contribution in [2.24, 2.45) is 0 Å². The minimum absolute atomic E-state index is 0.421. The van der Waals surface area contributed by atoms with Gasteiger partial charge in [-0.2, -0.15) is 0 Å². The van der Waals surface area contributed by atoms with Crippen LogP contribution in [0.2, 0.25) is 0 Å². The Hall–Kier alpha value is -0.610. The number of ether oxygens (including phenoxy) is 1. The van der Waals surface area contributed by atoms with Crippen LogP contribution in [0.3, 0.4) is 0 Å². The van der Waals surface area contributed by atoms with Crippen molar-refractivity contribution in [3.63, 3.8) is 0 Å². The van der Waals surface area contributed by atoms with E-state index in [0.717, 1.165) is 11.7 Å². The highest BCUT2D eigenvalue weighted by atomic mass is 32.1. The molecule has 1 aliphatic heterocycles. The molecule has 1 saturated carbocycles. The number of thiazole rings is 1. The Balaban J connectivity index is 1.52. The zero-order valence-electron chi connectivity index (χ0n) is 10.9.